The fourth-order valence-corrected chi connectivity index (χ4v) is 3.41. The lowest BCUT2D eigenvalue weighted by atomic mass is 10.2. The lowest BCUT2D eigenvalue weighted by molar-refractivity contribution is 0.0473. The number of ether oxygens (including phenoxy) is 3. The average molecular weight is 412 g/mol. The molecular weight excluding hydrogens is 394 g/mol. The highest BCUT2D eigenvalue weighted by molar-refractivity contribution is 7.92. The summed E-state index contributed by atoms with van der Waals surface area (Å²) in [5, 5.41) is 0.375. The van der Waals surface area contributed by atoms with Crippen molar-refractivity contribution >= 4 is 33.3 Å². The normalized spacial score (nSPS) is 13.6. The minimum absolute atomic E-state index is 0.0532. The molecule has 0 spiro atoms. The van der Waals surface area contributed by atoms with Gasteiger partial charge in [-0.1, -0.05) is 23.7 Å². The van der Waals surface area contributed by atoms with Gasteiger partial charge in [0.25, 0.3) is 0 Å². The molecule has 0 unspecified atom stereocenters. The molecule has 27 heavy (non-hydrogen) atoms. The van der Waals surface area contributed by atoms with Crippen LogP contribution in [0.5, 0.6) is 11.5 Å². The Labute approximate surface area is 162 Å². The average Bonchev–Trinajstić information content (AvgIpc) is 2.84. The van der Waals surface area contributed by atoms with Crippen LogP contribution in [-0.4, -0.2) is 33.9 Å². The fraction of sp³-hybridized carbons (Fsp3) is 0.278. The van der Waals surface area contributed by atoms with Crippen molar-refractivity contribution in [1.82, 2.24) is 0 Å². The first-order valence-electron chi connectivity index (χ1n) is 8.15. The van der Waals surface area contributed by atoms with Crippen LogP contribution in [0.3, 0.4) is 0 Å². The molecule has 0 radical (unpaired) electrons. The maximum Gasteiger partial charge on any atom is 0.340 e. The minimum atomic E-state index is -3.53. The molecule has 9 heteroatoms. The zero-order valence-electron chi connectivity index (χ0n) is 14.5. The molecular formula is C18H18ClNO6S. The summed E-state index contributed by atoms with van der Waals surface area (Å²) in [4.78, 5) is 12.4. The van der Waals surface area contributed by atoms with Crippen molar-refractivity contribution in [2.45, 2.75) is 13.0 Å². The highest BCUT2D eigenvalue weighted by Gasteiger charge is 2.18. The van der Waals surface area contributed by atoms with Gasteiger partial charge < -0.3 is 14.2 Å². The van der Waals surface area contributed by atoms with E-state index in [1.165, 1.54) is 12.1 Å². The van der Waals surface area contributed by atoms with Crippen molar-refractivity contribution in [3.8, 4) is 11.5 Å². The third-order valence-corrected chi connectivity index (χ3v) is 4.55. The molecule has 1 aliphatic rings. The van der Waals surface area contributed by atoms with Crippen molar-refractivity contribution in [1.29, 1.82) is 0 Å². The summed E-state index contributed by atoms with van der Waals surface area (Å²) in [6, 6.07) is 9.56. The molecule has 1 heterocycles. The summed E-state index contributed by atoms with van der Waals surface area (Å²) in [5.41, 5.74) is 0.899. The molecule has 2 aromatic rings. The molecule has 0 amide bonds. The van der Waals surface area contributed by atoms with Gasteiger partial charge in [0.2, 0.25) is 10.0 Å². The second-order valence-corrected chi connectivity index (χ2v) is 8.11. The van der Waals surface area contributed by atoms with Crippen molar-refractivity contribution in [2.24, 2.45) is 0 Å². The first-order valence-corrected chi connectivity index (χ1v) is 10.4. The van der Waals surface area contributed by atoms with E-state index >= 15 is 0 Å². The van der Waals surface area contributed by atoms with Crippen molar-refractivity contribution in [3.05, 3.63) is 52.5 Å². The number of sulfonamides is 1. The third kappa shape index (κ3) is 5.05. The zero-order valence-corrected chi connectivity index (χ0v) is 16.1. The van der Waals surface area contributed by atoms with E-state index in [0.717, 1.165) is 12.7 Å². The molecule has 0 saturated carbocycles. The topological polar surface area (TPSA) is 90.9 Å². The number of halogens is 1. The summed E-state index contributed by atoms with van der Waals surface area (Å²) in [6.07, 6.45) is 1.76. The maximum absolute atomic E-state index is 12.4. The van der Waals surface area contributed by atoms with Gasteiger partial charge in [0.05, 0.1) is 35.7 Å². The van der Waals surface area contributed by atoms with Crippen LogP contribution in [0, 0.1) is 0 Å². The van der Waals surface area contributed by atoms with Gasteiger partial charge in [-0.3, -0.25) is 4.72 Å². The molecule has 0 aromatic heterocycles. The molecule has 0 saturated heterocycles. The smallest absolute Gasteiger partial charge is 0.340 e. The molecule has 144 valence electrons. The van der Waals surface area contributed by atoms with E-state index in [0.29, 0.717) is 35.3 Å². The molecule has 3 rings (SSSR count). The van der Waals surface area contributed by atoms with E-state index in [1.54, 1.807) is 24.3 Å². The van der Waals surface area contributed by atoms with Crippen LogP contribution in [0.15, 0.2) is 36.4 Å². The van der Waals surface area contributed by atoms with Crippen LogP contribution in [0.1, 0.15) is 22.3 Å². The number of anilines is 1. The monoisotopic (exact) mass is 411 g/mol. The first-order chi connectivity index (χ1) is 12.8. The number of nitrogens with one attached hydrogen (secondary N) is 1. The minimum Gasteiger partial charge on any atom is -0.489 e. The SMILES string of the molecule is CS(=O)(=O)Nc1ccccc1C(=O)OCc1cc(Cl)c2c(c1)OCCCO2. The van der Waals surface area contributed by atoms with Crippen LogP contribution in [0.2, 0.25) is 5.02 Å². The predicted octanol–water partition coefficient (Wildman–Crippen LogP) is 3.23. The predicted molar refractivity (Wildman–Crippen MR) is 101 cm³/mol. The summed E-state index contributed by atoms with van der Waals surface area (Å²) in [7, 11) is -3.53. The van der Waals surface area contributed by atoms with Gasteiger partial charge in [-0.15, -0.1) is 0 Å². The number of carbonyl (C=O) groups is 1. The van der Waals surface area contributed by atoms with Gasteiger partial charge in [-0.05, 0) is 29.8 Å². The van der Waals surface area contributed by atoms with Gasteiger partial charge in [0, 0.05) is 6.42 Å². The Morgan fingerprint density at radius 1 is 1.22 bits per heavy atom. The summed E-state index contributed by atoms with van der Waals surface area (Å²) >= 11 is 6.23. The molecule has 0 aliphatic carbocycles. The first kappa shape index (κ1) is 19.3. The zero-order chi connectivity index (χ0) is 19.4. The van der Waals surface area contributed by atoms with E-state index in [4.69, 9.17) is 25.8 Å². The van der Waals surface area contributed by atoms with Crippen molar-refractivity contribution in [2.75, 3.05) is 24.2 Å². The van der Waals surface area contributed by atoms with E-state index in [1.807, 2.05) is 0 Å². The Balaban J connectivity index is 1.75. The lowest BCUT2D eigenvalue weighted by Gasteiger charge is -2.13. The fourth-order valence-electron chi connectivity index (χ4n) is 2.54. The van der Waals surface area contributed by atoms with Crippen LogP contribution in [0.4, 0.5) is 5.69 Å². The van der Waals surface area contributed by atoms with Gasteiger partial charge in [-0.25, -0.2) is 13.2 Å². The summed E-state index contributed by atoms with van der Waals surface area (Å²) in [6.45, 7) is 0.977. The summed E-state index contributed by atoms with van der Waals surface area (Å²) < 4.78 is 41.7. The van der Waals surface area contributed by atoms with Gasteiger partial charge in [-0.2, -0.15) is 0 Å². The Kier molecular flexibility index (Phi) is 5.76. The van der Waals surface area contributed by atoms with E-state index in [2.05, 4.69) is 4.72 Å². The highest BCUT2D eigenvalue weighted by atomic mass is 35.5. The maximum atomic E-state index is 12.4. The van der Waals surface area contributed by atoms with Crippen LogP contribution in [-0.2, 0) is 21.4 Å². The standard InChI is InChI=1S/C18H18ClNO6S/c1-27(22,23)20-15-6-3-2-5-13(15)18(21)26-11-12-9-14(19)17-16(10-12)24-7-4-8-25-17/h2-3,5-6,9-10,20H,4,7-8,11H2,1H3. The lowest BCUT2D eigenvalue weighted by Crippen LogP contribution is -2.14. The molecule has 1 aliphatic heterocycles. The van der Waals surface area contributed by atoms with E-state index in [9.17, 15) is 13.2 Å². The number of benzene rings is 2. The second kappa shape index (κ2) is 8.06. The number of esters is 1. The molecule has 2 aromatic carbocycles. The van der Waals surface area contributed by atoms with Crippen molar-refractivity contribution in [3.63, 3.8) is 0 Å². The highest BCUT2D eigenvalue weighted by Crippen LogP contribution is 2.38. The number of fused-ring (bicyclic) bond motifs is 1. The number of carbonyl (C=O) groups excluding carboxylic acids is 1. The van der Waals surface area contributed by atoms with Gasteiger partial charge >= 0.3 is 5.97 Å². The Morgan fingerprint density at radius 2 is 1.96 bits per heavy atom. The van der Waals surface area contributed by atoms with E-state index < -0.39 is 16.0 Å². The molecule has 1 N–H and O–H groups in total. The largest absolute Gasteiger partial charge is 0.489 e. The number of rotatable bonds is 5. The molecule has 0 bridgehead atoms. The number of para-hydroxylation sites is 1. The Morgan fingerprint density at radius 3 is 2.74 bits per heavy atom. The third-order valence-electron chi connectivity index (χ3n) is 3.67. The molecule has 7 nitrogen and oxygen atoms in total. The number of hydrogen-bond donors (Lipinski definition) is 1. The molecule has 0 atom stereocenters. The van der Waals surface area contributed by atoms with Gasteiger partial charge in [0.1, 0.15) is 6.61 Å². The van der Waals surface area contributed by atoms with Crippen LogP contribution >= 0.6 is 11.6 Å². The number of hydrogen-bond acceptors (Lipinski definition) is 6. The van der Waals surface area contributed by atoms with E-state index in [-0.39, 0.29) is 17.9 Å². The van der Waals surface area contributed by atoms with Crippen LogP contribution in [0.25, 0.3) is 0 Å². The Bertz CT molecular complexity index is 960. The van der Waals surface area contributed by atoms with Crippen molar-refractivity contribution < 1.29 is 27.4 Å². The Hall–Kier alpha value is -2.45. The summed E-state index contributed by atoms with van der Waals surface area (Å²) in [5.74, 6) is 0.321. The molecule has 0 fully saturated rings. The van der Waals surface area contributed by atoms with Gasteiger partial charge in [0.15, 0.2) is 11.5 Å². The quantitative estimate of drug-likeness (QED) is 0.759. The second-order valence-electron chi connectivity index (χ2n) is 5.95. The van der Waals surface area contributed by atoms with Crippen LogP contribution < -0.4 is 14.2 Å².